The third-order valence-electron chi connectivity index (χ3n) is 4.17. The fourth-order valence-corrected chi connectivity index (χ4v) is 3.09. The van der Waals surface area contributed by atoms with Crippen molar-refractivity contribution in [2.75, 3.05) is 31.1 Å². The molecule has 1 N–H and O–H groups in total. The van der Waals surface area contributed by atoms with E-state index in [2.05, 4.69) is 34.5 Å². The van der Waals surface area contributed by atoms with E-state index in [1.807, 2.05) is 0 Å². The van der Waals surface area contributed by atoms with Gasteiger partial charge in [0.1, 0.15) is 0 Å². The first-order valence-corrected chi connectivity index (χ1v) is 6.99. The Morgan fingerprint density at radius 3 is 2.24 bits per heavy atom. The van der Waals surface area contributed by atoms with Gasteiger partial charge in [0.2, 0.25) is 0 Å². The SMILES string of the molecule is c1cc(N2CCCC2)ccc1C1CCNCC1. The Morgan fingerprint density at radius 1 is 0.941 bits per heavy atom. The number of anilines is 1. The quantitative estimate of drug-likeness (QED) is 0.840. The third kappa shape index (κ3) is 2.47. The van der Waals surface area contributed by atoms with E-state index in [0.717, 1.165) is 5.92 Å². The Bertz CT molecular complexity index is 346. The van der Waals surface area contributed by atoms with Crippen LogP contribution in [-0.4, -0.2) is 26.2 Å². The molecular formula is C15H22N2. The number of hydrogen-bond donors (Lipinski definition) is 1. The van der Waals surface area contributed by atoms with Crippen LogP contribution < -0.4 is 10.2 Å². The van der Waals surface area contributed by atoms with Gasteiger partial charge in [-0.15, -0.1) is 0 Å². The predicted molar refractivity (Wildman–Crippen MR) is 72.7 cm³/mol. The molecule has 0 unspecified atom stereocenters. The molecule has 3 rings (SSSR count). The highest BCUT2D eigenvalue weighted by Crippen LogP contribution is 2.28. The summed E-state index contributed by atoms with van der Waals surface area (Å²) in [6.07, 6.45) is 5.30. The first kappa shape index (κ1) is 11.1. The van der Waals surface area contributed by atoms with Gasteiger partial charge in [0.05, 0.1) is 0 Å². The molecule has 0 aromatic heterocycles. The lowest BCUT2D eigenvalue weighted by Crippen LogP contribution is -2.26. The van der Waals surface area contributed by atoms with Crippen LogP contribution in [0.2, 0.25) is 0 Å². The Kier molecular flexibility index (Phi) is 3.32. The summed E-state index contributed by atoms with van der Waals surface area (Å²) in [7, 11) is 0. The molecule has 2 fully saturated rings. The van der Waals surface area contributed by atoms with Crippen LogP contribution in [0.4, 0.5) is 5.69 Å². The molecule has 0 spiro atoms. The molecule has 2 nitrogen and oxygen atoms in total. The fourth-order valence-electron chi connectivity index (χ4n) is 3.09. The summed E-state index contributed by atoms with van der Waals surface area (Å²) in [5.74, 6) is 0.781. The molecule has 2 aliphatic heterocycles. The standard InChI is InChI=1S/C15H22N2/c1-2-12-17(11-1)15-5-3-13(4-6-15)14-7-9-16-10-8-14/h3-6,14,16H,1-2,7-12H2. The number of hydrogen-bond acceptors (Lipinski definition) is 2. The summed E-state index contributed by atoms with van der Waals surface area (Å²) >= 11 is 0. The van der Waals surface area contributed by atoms with Crippen molar-refractivity contribution in [2.24, 2.45) is 0 Å². The maximum absolute atomic E-state index is 3.43. The second-order valence-electron chi connectivity index (χ2n) is 5.31. The van der Waals surface area contributed by atoms with Crippen LogP contribution in [0.25, 0.3) is 0 Å². The highest BCUT2D eigenvalue weighted by molar-refractivity contribution is 5.48. The molecule has 2 saturated heterocycles. The first-order valence-electron chi connectivity index (χ1n) is 6.99. The minimum absolute atomic E-state index is 0.781. The minimum atomic E-state index is 0.781. The zero-order valence-electron chi connectivity index (χ0n) is 10.5. The van der Waals surface area contributed by atoms with Gasteiger partial charge in [0.15, 0.2) is 0 Å². The highest BCUT2D eigenvalue weighted by atomic mass is 15.1. The highest BCUT2D eigenvalue weighted by Gasteiger charge is 2.16. The van der Waals surface area contributed by atoms with Crippen LogP contribution in [0.15, 0.2) is 24.3 Å². The van der Waals surface area contributed by atoms with Crippen molar-refractivity contribution in [3.05, 3.63) is 29.8 Å². The van der Waals surface area contributed by atoms with Gasteiger partial charge in [0.25, 0.3) is 0 Å². The van der Waals surface area contributed by atoms with Crippen molar-refractivity contribution >= 4 is 5.69 Å². The van der Waals surface area contributed by atoms with E-state index in [9.17, 15) is 0 Å². The summed E-state index contributed by atoms with van der Waals surface area (Å²) in [4.78, 5) is 2.51. The van der Waals surface area contributed by atoms with E-state index in [4.69, 9.17) is 0 Å². The summed E-state index contributed by atoms with van der Waals surface area (Å²) in [5, 5.41) is 3.43. The van der Waals surface area contributed by atoms with Crippen molar-refractivity contribution in [1.82, 2.24) is 5.32 Å². The van der Waals surface area contributed by atoms with E-state index in [-0.39, 0.29) is 0 Å². The molecule has 2 aliphatic rings. The van der Waals surface area contributed by atoms with Crippen LogP contribution in [0.5, 0.6) is 0 Å². The second kappa shape index (κ2) is 5.09. The van der Waals surface area contributed by atoms with Gasteiger partial charge in [-0.3, -0.25) is 0 Å². The largest absolute Gasteiger partial charge is 0.372 e. The molecule has 1 aromatic rings. The number of nitrogens with zero attached hydrogens (tertiary/aromatic N) is 1. The zero-order valence-corrected chi connectivity index (χ0v) is 10.5. The topological polar surface area (TPSA) is 15.3 Å². The third-order valence-corrected chi connectivity index (χ3v) is 4.17. The zero-order chi connectivity index (χ0) is 11.5. The fraction of sp³-hybridized carbons (Fsp3) is 0.600. The van der Waals surface area contributed by atoms with Crippen LogP contribution in [0.3, 0.4) is 0 Å². The average molecular weight is 230 g/mol. The van der Waals surface area contributed by atoms with Crippen LogP contribution in [0, 0.1) is 0 Å². The molecular weight excluding hydrogens is 208 g/mol. The molecule has 2 heterocycles. The molecule has 0 radical (unpaired) electrons. The lowest BCUT2D eigenvalue weighted by atomic mass is 9.90. The molecule has 0 amide bonds. The van der Waals surface area contributed by atoms with Crippen LogP contribution in [-0.2, 0) is 0 Å². The Balaban J connectivity index is 1.70. The number of benzene rings is 1. The monoisotopic (exact) mass is 230 g/mol. The lowest BCUT2D eigenvalue weighted by Gasteiger charge is -2.24. The van der Waals surface area contributed by atoms with Gasteiger partial charge >= 0.3 is 0 Å². The van der Waals surface area contributed by atoms with Gasteiger partial charge in [-0.05, 0) is 62.4 Å². The molecule has 0 aliphatic carbocycles. The van der Waals surface area contributed by atoms with Crippen molar-refractivity contribution < 1.29 is 0 Å². The van der Waals surface area contributed by atoms with E-state index in [0.29, 0.717) is 0 Å². The summed E-state index contributed by atoms with van der Waals surface area (Å²) in [6.45, 7) is 4.84. The molecule has 0 bridgehead atoms. The van der Waals surface area contributed by atoms with Gasteiger partial charge in [-0.1, -0.05) is 12.1 Å². The minimum Gasteiger partial charge on any atom is -0.372 e. The van der Waals surface area contributed by atoms with Crippen LogP contribution in [0.1, 0.15) is 37.2 Å². The number of piperidine rings is 1. The first-order chi connectivity index (χ1) is 8.43. The average Bonchev–Trinajstić information content (AvgIpc) is 2.94. The predicted octanol–water partition coefficient (Wildman–Crippen LogP) is 2.75. The van der Waals surface area contributed by atoms with Crippen molar-refractivity contribution in [2.45, 2.75) is 31.6 Å². The molecule has 2 heteroatoms. The molecule has 0 atom stereocenters. The van der Waals surface area contributed by atoms with Gasteiger partial charge in [-0.2, -0.15) is 0 Å². The second-order valence-corrected chi connectivity index (χ2v) is 5.31. The van der Waals surface area contributed by atoms with Crippen molar-refractivity contribution in [3.63, 3.8) is 0 Å². The van der Waals surface area contributed by atoms with Gasteiger partial charge in [0, 0.05) is 18.8 Å². The molecule has 1 aromatic carbocycles. The maximum Gasteiger partial charge on any atom is 0.0366 e. The molecule has 92 valence electrons. The van der Waals surface area contributed by atoms with Crippen molar-refractivity contribution in [3.8, 4) is 0 Å². The van der Waals surface area contributed by atoms with Gasteiger partial charge in [-0.25, -0.2) is 0 Å². The molecule has 0 saturated carbocycles. The lowest BCUT2D eigenvalue weighted by molar-refractivity contribution is 0.460. The van der Waals surface area contributed by atoms with Crippen LogP contribution >= 0.6 is 0 Å². The van der Waals surface area contributed by atoms with Gasteiger partial charge < -0.3 is 10.2 Å². The molecule has 17 heavy (non-hydrogen) atoms. The normalized spacial score (nSPS) is 22.0. The van der Waals surface area contributed by atoms with E-state index >= 15 is 0 Å². The number of rotatable bonds is 2. The number of nitrogens with one attached hydrogen (secondary N) is 1. The summed E-state index contributed by atoms with van der Waals surface area (Å²) in [5.41, 5.74) is 2.95. The Hall–Kier alpha value is -1.02. The van der Waals surface area contributed by atoms with Crippen molar-refractivity contribution in [1.29, 1.82) is 0 Å². The summed E-state index contributed by atoms with van der Waals surface area (Å²) < 4.78 is 0. The smallest absolute Gasteiger partial charge is 0.0366 e. The Labute approximate surface area is 104 Å². The van der Waals surface area contributed by atoms with E-state index in [1.54, 1.807) is 0 Å². The summed E-state index contributed by atoms with van der Waals surface area (Å²) in [6, 6.07) is 9.35. The van der Waals surface area contributed by atoms with E-state index in [1.165, 1.54) is 63.1 Å². The Morgan fingerprint density at radius 2 is 1.59 bits per heavy atom. The van der Waals surface area contributed by atoms with E-state index < -0.39 is 0 Å². The maximum atomic E-state index is 3.43.